The van der Waals surface area contributed by atoms with Crippen LogP contribution in [0.25, 0.3) is 0 Å². The number of hydrogen-bond donors (Lipinski definition) is 0. The third kappa shape index (κ3) is 6.27. The summed E-state index contributed by atoms with van der Waals surface area (Å²) in [7, 11) is 0. The Kier molecular flexibility index (Phi) is 9.59. The number of amides is 8. The van der Waals surface area contributed by atoms with Crippen LogP contribution in [0.5, 0.6) is 0 Å². The van der Waals surface area contributed by atoms with Gasteiger partial charge in [-0.3, -0.25) is 38.4 Å². The molecular formula is C58H52N4O8. The van der Waals surface area contributed by atoms with Crippen LogP contribution in [0.2, 0.25) is 0 Å². The van der Waals surface area contributed by atoms with Gasteiger partial charge in [0.1, 0.15) is 0 Å². The average Bonchev–Trinajstić information content (AvgIpc) is 4.01. The molecule has 4 aliphatic heterocycles. The van der Waals surface area contributed by atoms with Gasteiger partial charge in [0.15, 0.2) is 0 Å². The lowest BCUT2D eigenvalue weighted by atomic mass is 9.32. The summed E-state index contributed by atoms with van der Waals surface area (Å²) in [5.74, 6) is -3.09. The molecule has 0 spiro atoms. The van der Waals surface area contributed by atoms with E-state index in [1.54, 1.807) is 0 Å². The SMILES string of the molecule is Cc1cc(C23CC4(c5cc(C)c(N6C(=O)C=CC6=O)c(C)c5)CC(c5cc(C)c(N6C(=O)C=CC6=O)c(C)c5)(C2)CC(c2cc(C)c(N5C(=O)C=CC5=O)c(C)c2)(C3)C4)cc(C)c1N1C(=O)C=CC1=O. The quantitative estimate of drug-likeness (QED) is 0.160. The zero-order chi connectivity index (χ0) is 49.7. The summed E-state index contributed by atoms with van der Waals surface area (Å²) >= 11 is 0. The van der Waals surface area contributed by atoms with Crippen molar-refractivity contribution in [1.82, 2.24) is 0 Å². The van der Waals surface area contributed by atoms with Crippen molar-refractivity contribution in [2.24, 2.45) is 0 Å². The van der Waals surface area contributed by atoms with E-state index >= 15 is 0 Å². The largest absolute Gasteiger partial charge is 0.269 e. The first-order chi connectivity index (χ1) is 33.1. The Bertz CT molecular complexity index is 2720. The monoisotopic (exact) mass is 932 g/mol. The maximum absolute atomic E-state index is 13.2. The summed E-state index contributed by atoms with van der Waals surface area (Å²) in [6.45, 7) is 15.6. The fraction of sp³-hybridized carbons (Fsp3) is 0.310. The average molecular weight is 933 g/mol. The van der Waals surface area contributed by atoms with Crippen molar-refractivity contribution in [3.8, 4) is 0 Å². The molecule has 4 aromatic carbocycles. The van der Waals surface area contributed by atoms with E-state index in [0.717, 1.165) is 105 Å². The highest BCUT2D eigenvalue weighted by Gasteiger charge is 2.70. The van der Waals surface area contributed by atoms with E-state index in [9.17, 15) is 38.4 Å². The second-order valence-electron chi connectivity index (χ2n) is 21.4. The smallest absolute Gasteiger partial charge is 0.258 e. The Labute approximate surface area is 406 Å². The number of anilines is 4. The van der Waals surface area contributed by atoms with Gasteiger partial charge in [0.05, 0.1) is 22.7 Å². The van der Waals surface area contributed by atoms with Crippen LogP contribution in [0.4, 0.5) is 22.7 Å². The highest BCUT2D eigenvalue weighted by molar-refractivity contribution is 6.31. The van der Waals surface area contributed by atoms with E-state index in [1.807, 2.05) is 55.4 Å². The van der Waals surface area contributed by atoms with Crippen LogP contribution in [0.3, 0.4) is 0 Å². The minimum Gasteiger partial charge on any atom is -0.269 e. The van der Waals surface area contributed by atoms with Crippen LogP contribution >= 0.6 is 0 Å². The minimum absolute atomic E-state index is 0.387. The van der Waals surface area contributed by atoms with Crippen LogP contribution in [0.1, 0.15) is 105 Å². The Morgan fingerprint density at radius 2 is 0.386 bits per heavy atom. The number of rotatable bonds is 8. The van der Waals surface area contributed by atoms with Gasteiger partial charge >= 0.3 is 0 Å². The lowest BCUT2D eigenvalue weighted by Crippen LogP contribution is -2.67. The van der Waals surface area contributed by atoms with Crippen LogP contribution in [0, 0.1) is 55.4 Å². The van der Waals surface area contributed by atoms with Crippen LogP contribution < -0.4 is 19.6 Å². The predicted octanol–water partition coefficient (Wildman–Crippen LogP) is 8.30. The zero-order valence-electron chi connectivity index (χ0n) is 40.5. The maximum Gasteiger partial charge on any atom is 0.258 e. The Hall–Kier alpha value is -7.60. The Morgan fingerprint density at radius 1 is 0.257 bits per heavy atom. The van der Waals surface area contributed by atoms with Crippen molar-refractivity contribution < 1.29 is 38.4 Å². The standard InChI is InChI=1S/C58H52N4O8/c1-31-17-39(18-32(2)51(31)59-43(63)9-10-44(59)64)55-25-56(40-19-33(3)52(34(4)20-40)60-45(65)11-12-46(60)66)28-57(26-55,41-21-35(5)53(36(6)22-41)61-47(67)13-14-48(61)68)30-58(27-55,29-56)42-23-37(7)54(38(8)24-42)62-49(69)15-16-50(62)70/h9-24H,25-30H2,1-8H3. The fourth-order valence-corrected chi connectivity index (χ4v) is 14.8. The van der Waals surface area contributed by atoms with Gasteiger partial charge in [0.25, 0.3) is 47.3 Å². The van der Waals surface area contributed by atoms with E-state index < -0.39 is 21.7 Å². The number of aryl methyl sites for hydroxylation is 8. The Morgan fingerprint density at radius 3 is 0.514 bits per heavy atom. The molecule has 0 saturated heterocycles. The molecule has 4 bridgehead atoms. The first-order valence-corrected chi connectivity index (χ1v) is 23.8. The second kappa shape index (κ2) is 15.0. The summed E-state index contributed by atoms with van der Waals surface area (Å²) in [6.07, 6.45) is 14.8. The molecule has 0 unspecified atom stereocenters. The van der Waals surface area contributed by atoms with Gasteiger partial charge in [-0.25, -0.2) is 19.6 Å². The summed E-state index contributed by atoms with van der Waals surface area (Å²) < 4.78 is 0. The molecule has 12 rings (SSSR count). The van der Waals surface area contributed by atoms with Gasteiger partial charge in [-0.2, -0.15) is 0 Å². The molecule has 352 valence electrons. The van der Waals surface area contributed by atoms with Crippen molar-refractivity contribution >= 4 is 70.0 Å². The number of imide groups is 4. The van der Waals surface area contributed by atoms with Gasteiger partial charge in [-0.1, -0.05) is 48.5 Å². The summed E-state index contributed by atoms with van der Waals surface area (Å²) in [5.41, 5.74) is 10.9. The van der Waals surface area contributed by atoms with E-state index in [2.05, 4.69) is 48.5 Å². The van der Waals surface area contributed by atoms with Crippen LogP contribution in [0.15, 0.2) is 97.1 Å². The number of nitrogens with zero attached hydrogens (tertiary/aromatic N) is 4. The van der Waals surface area contributed by atoms with Crippen molar-refractivity contribution in [3.05, 3.63) is 164 Å². The van der Waals surface area contributed by atoms with Crippen molar-refractivity contribution in [3.63, 3.8) is 0 Å². The van der Waals surface area contributed by atoms with E-state index in [1.165, 1.54) is 68.2 Å². The third-order valence-electron chi connectivity index (χ3n) is 16.6. The predicted molar refractivity (Wildman–Crippen MR) is 265 cm³/mol. The lowest BCUT2D eigenvalue weighted by molar-refractivity contribution is -0.121. The molecule has 4 aliphatic carbocycles. The Balaban J connectivity index is 1.17. The minimum atomic E-state index is -0.526. The van der Waals surface area contributed by atoms with Gasteiger partial charge in [0.2, 0.25) is 0 Å². The molecule has 8 aliphatic rings. The van der Waals surface area contributed by atoms with Crippen molar-refractivity contribution in [1.29, 1.82) is 0 Å². The molecule has 4 aromatic rings. The second-order valence-corrected chi connectivity index (χ2v) is 21.4. The molecule has 4 fully saturated rings. The van der Waals surface area contributed by atoms with Gasteiger partial charge in [-0.05, 0) is 182 Å². The maximum atomic E-state index is 13.2. The first kappa shape index (κ1) is 44.9. The molecule has 0 N–H and O–H groups in total. The highest BCUT2D eigenvalue weighted by atomic mass is 16.2. The van der Waals surface area contributed by atoms with E-state index in [-0.39, 0.29) is 47.3 Å². The van der Waals surface area contributed by atoms with Crippen molar-refractivity contribution in [2.45, 2.75) is 116 Å². The summed E-state index contributed by atoms with van der Waals surface area (Å²) in [6, 6.07) is 17.3. The highest BCUT2D eigenvalue weighted by Crippen LogP contribution is 2.75. The summed E-state index contributed by atoms with van der Waals surface area (Å²) in [5, 5.41) is 0. The van der Waals surface area contributed by atoms with E-state index in [4.69, 9.17) is 0 Å². The number of hydrogen-bond acceptors (Lipinski definition) is 8. The zero-order valence-corrected chi connectivity index (χ0v) is 40.5. The topological polar surface area (TPSA) is 150 Å². The van der Waals surface area contributed by atoms with E-state index in [0.29, 0.717) is 22.7 Å². The molecule has 0 radical (unpaired) electrons. The molecular weight excluding hydrogens is 881 g/mol. The molecule has 4 saturated carbocycles. The molecule has 70 heavy (non-hydrogen) atoms. The van der Waals surface area contributed by atoms with Gasteiger partial charge < -0.3 is 0 Å². The van der Waals surface area contributed by atoms with Crippen LogP contribution in [-0.2, 0) is 60.0 Å². The fourth-order valence-electron chi connectivity index (χ4n) is 14.8. The van der Waals surface area contributed by atoms with Gasteiger partial charge in [0, 0.05) is 48.6 Å². The number of carbonyl (C=O) groups excluding carboxylic acids is 8. The number of carbonyl (C=O) groups is 8. The molecule has 0 atom stereocenters. The lowest BCUT2D eigenvalue weighted by Gasteiger charge is -2.71. The van der Waals surface area contributed by atoms with Crippen molar-refractivity contribution in [2.75, 3.05) is 19.6 Å². The normalized spacial score (nSPS) is 26.6. The molecule has 4 heterocycles. The summed E-state index contributed by atoms with van der Waals surface area (Å²) in [4.78, 5) is 110. The van der Waals surface area contributed by atoms with Crippen LogP contribution in [-0.4, -0.2) is 47.3 Å². The van der Waals surface area contributed by atoms with Gasteiger partial charge in [-0.15, -0.1) is 0 Å². The molecule has 12 heteroatoms. The molecule has 12 nitrogen and oxygen atoms in total. The third-order valence-corrected chi connectivity index (χ3v) is 16.6. The first-order valence-electron chi connectivity index (χ1n) is 23.8. The molecule has 0 aromatic heterocycles. The molecule has 8 amide bonds. The number of benzene rings is 4.